The van der Waals surface area contributed by atoms with Gasteiger partial charge in [-0.05, 0) is 47.7 Å². The molecule has 1 heterocycles. The molecule has 4 rings (SSSR count). The minimum Gasteiger partial charge on any atom is -0.338 e. The van der Waals surface area contributed by atoms with Crippen LogP contribution in [-0.4, -0.2) is 23.3 Å². The van der Waals surface area contributed by atoms with Gasteiger partial charge in [0.05, 0.1) is 13.0 Å². The number of nitrogens with zero attached hydrogens (tertiary/aromatic N) is 2. The number of amides is 2. The lowest BCUT2D eigenvalue weighted by Gasteiger charge is -2.29. The standard InChI is InChI=1S/C28H30N2O2/c1-3-27(31)30(19-23-8-6-7-21(2)17-23)26-13-11-22(12-14-26)18-28(32)29-16-15-24-9-4-5-10-25(24)20-29/h4-14,17H,3,15-16,18-20H2,1-2H3. The number of hydrogen-bond donors (Lipinski definition) is 0. The van der Waals surface area contributed by atoms with Crippen LogP contribution in [0.4, 0.5) is 5.69 Å². The van der Waals surface area contributed by atoms with Gasteiger partial charge in [-0.2, -0.15) is 0 Å². The normalized spacial score (nSPS) is 12.9. The highest BCUT2D eigenvalue weighted by molar-refractivity contribution is 5.93. The Bertz CT molecular complexity index is 1100. The summed E-state index contributed by atoms with van der Waals surface area (Å²) in [5.41, 5.74) is 6.71. The third kappa shape index (κ3) is 5.08. The van der Waals surface area contributed by atoms with Crippen molar-refractivity contribution in [3.05, 3.63) is 101 Å². The zero-order valence-corrected chi connectivity index (χ0v) is 18.9. The van der Waals surface area contributed by atoms with Crippen LogP contribution in [0.1, 0.15) is 41.2 Å². The van der Waals surface area contributed by atoms with Gasteiger partial charge in [0.1, 0.15) is 0 Å². The summed E-state index contributed by atoms with van der Waals surface area (Å²) in [5, 5.41) is 0. The van der Waals surface area contributed by atoms with Crippen molar-refractivity contribution in [2.45, 2.75) is 46.2 Å². The minimum atomic E-state index is 0.0855. The zero-order valence-electron chi connectivity index (χ0n) is 18.9. The second-order valence-electron chi connectivity index (χ2n) is 8.50. The summed E-state index contributed by atoms with van der Waals surface area (Å²) in [6.07, 6.45) is 1.73. The van der Waals surface area contributed by atoms with E-state index < -0.39 is 0 Å². The van der Waals surface area contributed by atoms with Crippen molar-refractivity contribution in [1.82, 2.24) is 4.90 Å². The van der Waals surface area contributed by atoms with Crippen LogP contribution in [0.15, 0.2) is 72.8 Å². The maximum Gasteiger partial charge on any atom is 0.227 e. The molecule has 0 radical (unpaired) electrons. The van der Waals surface area contributed by atoms with E-state index in [9.17, 15) is 9.59 Å². The Labute approximate surface area is 190 Å². The van der Waals surface area contributed by atoms with Crippen LogP contribution in [0.25, 0.3) is 0 Å². The summed E-state index contributed by atoms with van der Waals surface area (Å²) in [4.78, 5) is 29.3. The van der Waals surface area contributed by atoms with Crippen molar-refractivity contribution >= 4 is 17.5 Å². The Balaban J connectivity index is 1.44. The molecule has 0 atom stereocenters. The zero-order chi connectivity index (χ0) is 22.5. The van der Waals surface area contributed by atoms with Gasteiger partial charge in [-0.15, -0.1) is 0 Å². The maximum atomic E-state index is 12.9. The molecule has 4 nitrogen and oxygen atoms in total. The lowest BCUT2D eigenvalue weighted by Crippen LogP contribution is -2.36. The molecule has 0 aromatic heterocycles. The topological polar surface area (TPSA) is 40.6 Å². The van der Waals surface area contributed by atoms with Crippen LogP contribution in [0.3, 0.4) is 0 Å². The molecule has 0 unspecified atom stereocenters. The Morgan fingerprint density at radius 1 is 0.906 bits per heavy atom. The Morgan fingerprint density at radius 3 is 2.38 bits per heavy atom. The fourth-order valence-electron chi connectivity index (χ4n) is 4.30. The Hall–Kier alpha value is -3.40. The van der Waals surface area contributed by atoms with E-state index in [0.717, 1.165) is 29.8 Å². The second kappa shape index (κ2) is 9.82. The average Bonchev–Trinajstić information content (AvgIpc) is 2.82. The predicted octanol–water partition coefficient (Wildman–Crippen LogP) is 5.07. The third-order valence-electron chi connectivity index (χ3n) is 6.11. The van der Waals surface area contributed by atoms with Gasteiger partial charge in [-0.3, -0.25) is 9.59 Å². The van der Waals surface area contributed by atoms with Crippen molar-refractivity contribution < 1.29 is 9.59 Å². The second-order valence-corrected chi connectivity index (χ2v) is 8.50. The summed E-state index contributed by atoms with van der Waals surface area (Å²) < 4.78 is 0. The molecule has 0 saturated heterocycles. The lowest BCUT2D eigenvalue weighted by atomic mass is 9.99. The molecule has 2 amide bonds. The van der Waals surface area contributed by atoms with E-state index in [1.165, 1.54) is 16.7 Å². The fourth-order valence-corrected chi connectivity index (χ4v) is 4.30. The highest BCUT2D eigenvalue weighted by Crippen LogP contribution is 2.22. The molecular weight excluding hydrogens is 396 g/mol. The van der Waals surface area contributed by atoms with Crippen molar-refractivity contribution in [3.8, 4) is 0 Å². The molecule has 164 valence electrons. The fraction of sp³-hybridized carbons (Fsp3) is 0.286. The monoisotopic (exact) mass is 426 g/mol. The highest BCUT2D eigenvalue weighted by Gasteiger charge is 2.21. The van der Waals surface area contributed by atoms with Crippen LogP contribution >= 0.6 is 0 Å². The quantitative estimate of drug-likeness (QED) is 0.552. The number of carbonyl (C=O) groups is 2. The molecular formula is C28H30N2O2. The molecule has 32 heavy (non-hydrogen) atoms. The minimum absolute atomic E-state index is 0.0855. The SMILES string of the molecule is CCC(=O)N(Cc1cccc(C)c1)c1ccc(CC(=O)N2CCc3ccccc3C2)cc1. The molecule has 3 aromatic carbocycles. The third-order valence-corrected chi connectivity index (χ3v) is 6.11. The lowest BCUT2D eigenvalue weighted by molar-refractivity contribution is -0.131. The van der Waals surface area contributed by atoms with Crippen LogP contribution in [0.2, 0.25) is 0 Å². The van der Waals surface area contributed by atoms with E-state index in [4.69, 9.17) is 0 Å². The van der Waals surface area contributed by atoms with Gasteiger partial charge in [-0.1, -0.05) is 73.2 Å². The number of benzene rings is 3. The maximum absolute atomic E-state index is 12.9. The molecule has 1 aliphatic heterocycles. The van der Waals surface area contributed by atoms with Gasteiger partial charge in [0.15, 0.2) is 0 Å². The van der Waals surface area contributed by atoms with E-state index in [2.05, 4.69) is 37.3 Å². The summed E-state index contributed by atoms with van der Waals surface area (Å²) in [5.74, 6) is 0.232. The molecule has 0 N–H and O–H groups in total. The number of anilines is 1. The van der Waals surface area contributed by atoms with Gasteiger partial charge in [0, 0.05) is 25.2 Å². The molecule has 0 aliphatic carbocycles. The van der Waals surface area contributed by atoms with Crippen molar-refractivity contribution in [2.75, 3.05) is 11.4 Å². The van der Waals surface area contributed by atoms with Gasteiger partial charge in [0.25, 0.3) is 0 Å². The van der Waals surface area contributed by atoms with Crippen molar-refractivity contribution in [2.24, 2.45) is 0 Å². The van der Waals surface area contributed by atoms with Crippen molar-refractivity contribution in [1.29, 1.82) is 0 Å². The summed E-state index contributed by atoms with van der Waals surface area (Å²) >= 11 is 0. The van der Waals surface area contributed by atoms with Crippen LogP contribution in [-0.2, 0) is 35.5 Å². The first kappa shape index (κ1) is 21.8. The predicted molar refractivity (Wildman–Crippen MR) is 128 cm³/mol. The van der Waals surface area contributed by atoms with Gasteiger partial charge in [-0.25, -0.2) is 0 Å². The molecule has 0 bridgehead atoms. The largest absolute Gasteiger partial charge is 0.338 e. The summed E-state index contributed by atoms with van der Waals surface area (Å²) in [6, 6.07) is 24.4. The van der Waals surface area contributed by atoms with Crippen LogP contribution in [0.5, 0.6) is 0 Å². The highest BCUT2D eigenvalue weighted by atomic mass is 16.2. The summed E-state index contributed by atoms with van der Waals surface area (Å²) in [7, 11) is 0. The molecule has 1 aliphatic rings. The van der Waals surface area contributed by atoms with Gasteiger partial charge < -0.3 is 9.80 Å². The Kier molecular flexibility index (Phi) is 6.69. The van der Waals surface area contributed by atoms with E-state index >= 15 is 0 Å². The summed E-state index contributed by atoms with van der Waals surface area (Å²) in [6.45, 7) is 5.93. The first-order valence-corrected chi connectivity index (χ1v) is 11.3. The molecule has 0 saturated carbocycles. The van der Waals surface area contributed by atoms with Gasteiger partial charge in [0.2, 0.25) is 11.8 Å². The van der Waals surface area contributed by atoms with Crippen molar-refractivity contribution in [3.63, 3.8) is 0 Å². The molecule has 4 heteroatoms. The molecule has 0 spiro atoms. The number of rotatable bonds is 6. The van der Waals surface area contributed by atoms with E-state index in [0.29, 0.717) is 25.9 Å². The molecule has 3 aromatic rings. The van der Waals surface area contributed by atoms with Gasteiger partial charge >= 0.3 is 0 Å². The molecule has 0 fully saturated rings. The number of hydrogen-bond acceptors (Lipinski definition) is 2. The number of aryl methyl sites for hydroxylation is 1. The van der Waals surface area contributed by atoms with Crippen LogP contribution < -0.4 is 4.90 Å². The van der Waals surface area contributed by atoms with E-state index in [1.54, 1.807) is 0 Å². The number of fused-ring (bicyclic) bond motifs is 1. The van der Waals surface area contributed by atoms with E-state index in [1.807, 2.05) is 59.2 Å². The smallest absolute Gasteiger partial charge is 0.227 e. The number of carbonyl (C=O) groups excluding carboxylic acids is 2. The van der Waals surface area contributed by atoms with Crippen LogP contribution in [0, 0.1) is 6.92 Å². The average molecular weight is 427 g/mol. The first-order chi connectivity index (χ1) is 15.5. The first-order valence-electron chi connectivity index (χ1n) is 11.3. The van der Waals surface area contributed by atoms with E-state index in [-0.39, 0.29) is 11.8 Å². The Morgan fingerprint density at radius 2 is 1.66 bits per heavy atom.